The van der Waals surface area contributed by atoms with Gasteiger partial charge in [0, 0.05) is 48.8 Å². The molecule has 13 aromatic carbocycles. The molecule has 27 rings (SSSR count). The van der Waals surface area contributed by atoms with Crippen molar-refractivity contribution in [1.82, 2.24) is 71.0 Å². The molecular weight excluding hydrogens is 1850 g/mol. The number of ether oxygens (including phenoxy) is 6. The summed E-state index contributed by atoms with van der Waals surface area (Å²) >= 11 is 5.41. The maximum Gasteiger partial charge on any atom is 0.231 e. The fourth-order valence-electron chi connectivity index (χ4n) is 14.3. The first kappa shape index (κ1) is 102. The molecule has 14 heterocycles. The number of imidazole rings is 1. The molecule has 24 nitrogen and oxygen atoms in total. The maximum absolute atomic E-state index is 11.5. The van der Waals surface area contributed by atoms with Crippen molar-refractivity contribution >= 4 is 146 Å². The van der Waals surface area contributed by atoms with Crippen LogP contribution in [-0.4, -0.2) is 112 Å². The predicted octanol–water partition coefficient (Wildman–Crippen LogP) is 28.2. The van der Waals surface area contributed by atoms with Crippen LogP contribution >= 0.6 is 34.0 Å². The number of para-hydroxylation sites is 8. The van der Waals surface area contributed by atoms with E-state index in [2.05, 4.69) is 193 Å². The van der Waals surface area contributed by atoms with Crippen molar-refractivity contribution in [3.8, 4) is 34.5 Å². The van der Waals surface area contributed by atoms with Gasteiger partial charge in [0.2, 0.25) is 16.6 Å². The van der Waals surface area contributed by atoms with Gasteiger partial charge in [0.25, 0.3) is 0 Å². The smallest absolute Gasteiger partial charge is 0.231 e. The highest BCUT2D eigenvalue weighted by molar-refractivity contribution is 7.95. The molecule has 23 aromatic rings. The third-order valence-electron chi connectivity index (χ3n) is 21.3. The number of aromatic nitrogens is 14. The molecule has 0 spiro atoms. The summed E-state index contributed by atoms with van der Waals surface area (Å²) in [7, 11) is -3.12. The van der Waals surface area contributed by atoms with Crippen molar-refractivity contribution in [3.05, 3.63) is 410 Å². The van der Waals surface area contributed by atoms with Crippen molar-refractivity contribution in [2.75, 3.05) is 26.6 Å². The van der Waals surface area contributed by atoms with Crippen molar-refractivity contribution in [1.29, 1.82) is 0 Å². The lowest BCUT2D eigenvalue weighted by Crippen LogP contribution is -2.25. The van der Waals surface area contributed by atoms with Gasteiger partial charge in [-0.15, -0.1) is 34.0 Å². The van der Waals surface area contributed by atoms with Crippen molar-refractivity contribution in [2.24, 2.45) is 0 Å². The predicted molar refractivity (Wildman–Crippen MR) is 575 cm³/mol. The monoisotopic (exact) mass is 1960 g/mol. The molecule has 4 aliphatic rings. The summed E-state index contributed by atoms with van der Waals surface area (Å²) in [6.45, 7) is 30.2. The van der Waals surface area contributed by atoms with Crippen LogP contribution in [0.2, 0.25) is 0 Å². The van der Waals surface area contributed by atoms with Gasteiger partial charge in [-0.05, 0) is 308 Å². The Kier molecular flexibility index (Phi) is 36.2. The van der Waals surface area contributed by atoms with Crippen LogP contribution < -0.4 is 28.4 Å². The molecule has 0 radical (unpaired) electrons. The van der Waals surface area contributed by atoms with E-state index in [9.17, 15) is 8.42 Å². The number of sulfone groups is 1. The highest BCUT2D eigenvalue weighted by Gasteiger charge is 2.25. The number of H-pyrrole nitrogens is 3. The summed E-state index contributed by atoms with van der Waals surface area (Å²) in [4.78, 5) is 26.7. The number of thiophene rings is 2. The normalized spacial score (nSPS) is 12.5. The van der Waals surface area contributed by atoms with Crippen LogP contribution in [0.25, 0.3) is 102 Å². The molecule has 0 bridgehead atoms. The third-order valence-corrected chi connectivity index (χ3v) is 26.3. The molecular formula is C114H110N14O10S4. The SMILES string of the molecule is CC1=Cc2ccccc2S1(=O)=O.C[C@@H]1COc2ccccc2O1.Cc1cc2ccccc2s1.Cc1ccc2c(c1)OCCO2.Cc1ccc2c(c1)OCO2.Cc1ccc2ccccc2n1.Cc1ccc2n[nH]nc2c1.Cc1ccc2ncccc2c1.Cc1ccc2nonc2c1.Cc1cn[nH]n1.Cc1csc2ccccc12.Cc1nc2ccccc2[nH]1.Cc1nc2ccccc2o1.Cc1nc2ccccc2s1. The number of pyridine rings is 2. The van der Waals surface area contributed by atoms with Gasteiger partial charge in [0.1, 0.15) is 59.3 Å². The number of hydrogen-bond acceptors (Lipinski definition) is 24. The molecule has 0 saturated heterocycles. The number of allylic oxidation sites excluding steroid dienone is 1. The minimum atomic E-state index is -3.12. The van der Waals surface area contributed by atoms with E-state index in [1.807, 2.05) is 310 Å². The molecule has 0 saturated carbocycles. The number of hydrogen-bond donors (Lipinski definition) is 3. The Balaban J connectivity index is 0.000000122. The second-order valence-corrected chi connectivity index (χ2v) is 38.6. The third kappa shape index (κ3) is 29.7. The van der Waals surface area contributed by atoms with Crippen LogP contribution in [0.3, 0.4) is 0 Å². The number of nitrogens with zero attached hydrogens (tertiary/aromatic N) is 11. The van der Waals surface area contributed by atoms with Crippen LogP contribution in [0.1, 0.15) is 85.8 Å². The van der Waals surface area contributed by atoms with E-state index >= 15 is 0 Å². The molecule has 28 heteroatoms. The summed E-state index contributed by atoms with van der Waals surface area (Å²) in [5.41, 5.74) is 20.9. The van der Waals surface area contributed by atoms with Gasteiger partial charge in [-0.25, -0.2) is 28.0 Å². The fraction of sp³-hybridized carbons (Fsp3) is 0.167. The summed E-state index contributed by atoms with van der Waals surface area (Å²) in [6.07, 6.45) is 5.35. The summed E-state index contributed by atoms with van der Waals surface area (Å²) in [5.74, 6) is 6.85. The zero-order chi connectivity index (χ0) is 99.7. The number of aromatic amines is 3. The topological polar surface area (TPSA) is 305 Å². The van der Waals surface area contributed by atoms with Gasteiger partial charge >= 0.3 is 0 Å². The summed E-state index contributed by atoms with van der Waals surface area (Å²) in [5, 5.41) is 36.0. The van der Waals surface area contributed by atoms with Gasteiger partial charge in [0.05, 0.1) is 54.1 Å². The number of aryl methyl sites for hydroxylation is 12. The van der Waals surface area contributed by atoms with Crippen LogP contribution in [0.15, 0.2) is 352 Å². The summed E-state index contributed by atoms with van der Waals surface area (Å²) in [6, 6.07) is 104. The standard InChI is InChI=1S/2C10H9N.C9H8O2S.2C9H10O2.2C9H8S.C8H8N2.C8H7NO.C8H7NS.C8H8O2.C7H7N3.C7H6N2O.C3H5N3/c1-8-4-5-10-9(7-8)3-2-6-11-10;1-8-6-7-9-4-2-3-5-10(9)11-8;1-7-6-8-4-2-3-5-9(8)12(7,10)11;1-7-2-3-8-9(6-7)11-5-4-10-8;1-7-6-10-8-4-2-3-5-9(8)11-7;1-7-6-10-9-5-3-2-4-8(7)9;1-7-6-8-4-2-3-5-9(8)10-7;3*1-6-9-7-4-2-3-5-8(7)10-6;1-6-2-3-7-8(4-6)10-5-9-7;2*1-5-2-3-6-7(4-5)9-10-8-6;1-3-2-4-6-5-3/h2*2-7H,1H3;2-6H,1H3;2-3,6H,4-5H2,1H3;2-5,7H,6H2,1H3;2*2-6H,1H3;2-5H,1H3,(H,9,10);2*2-5H,1H3;2-4H,5H2,1H3;2-4H,1H3,(H,8,9,10);2-4H,1H3;2H,1H3,(H,4,5,6)/t;;;;7-;;;;;;;;;/m....1........./s1. The molecule has 0 unspecified atom stereocenters. The van der Waals surface area contributed by atoms with E-state index in [0.29, 0.717) is 36.4 Å². The largest absolute Gasteiger partial charge is 0.486 e. The minimum Gasteiger partial charge on any atom is -0.486 e. The van der Waals surface area contributed by atoms with Gasteiger partial charge in [-0.3, -0.25) is 9.97 Å². The number of rotatable bonds is 0. The molecule has 142 heavy (non-hydrogen) atoms. The van der Waals surface area contributed by atoms with Crippen LogP contribution in [-0.2, 0) is 9.84 Å². The van der Waals surface area contributed by atoms with E-state index in [-0.39, 0.29) is 6.10 Å². The number of thiazole rings is 1. The van der Waals surface area contributed by atoms with Crippen LogP contribution in [0.5, 0.6) is 34.5 Å². The fourth-order valence-corrected chi connectivity index (χ4v) is 18.4. The average Bonchev–Trinajstić information content (AvgIpc) is 1.63. The molecule has 3 N–H and O–H groups in total. The lowest BCUT2D eigenvalue weighted by Gasteiger charge is -2.23. The molecule has 4 aliphatic heterocycles. The first-order valence-electron chi connectivity index (χ1n) is 45.9. The number of oxazole rings is 1. The van der Waals surface area contributed by atoms with E-state index in [0.717, 1.165) is 129 Å². The Hall–Kier alpha value is -16.1. The van der Waals surface area contributed by atoms with Gasteiger partial charge in [0.15, 0.2) is 46.0 Å². The maximum atomic E-state index is 11.5. The minimum absolute atomic E-state index is 0.171. The Morgan fingerprint density at radius 3 is 1.68 bits per heavy atom. The second-order valence-electron chi connectivity index (χ2n) is 33.1. The Labute approximate surface area is 836 Å². The quantitative estimate of drug-likeness (QED) is 0.127. The second kappa shape index (κ2) is 50.4. The number of nitrogens with one attached hydrogen (secondary N) is 3. The zero-order valence-electron chi connectivity index (χ0n) is 81.4. The Bertz CT molecular complexity index is 7590. The van der Waals surface area contributed by atoms with Crippen LogP contribution in [0.4, 0.5) is 0 Å². The number of fused-ring (bicyclic) bond motifs is 13. The van der Waals surface area contributed by atoms with Gasteiger partial charge in [-0.2, -0.15) is 30.8 Å². The average molecular weight is 1960 g/mol. The summed E-state index contributed by atoms with van der Waals surface area (Å²) < 4.78 is 68.8. The highest BCUT2D eigenvalue weighted by Crippen LogP contribution is 2.36. The first-order chi connectivity index (χ1) is 68.9. The van der Waals surface area contributed by atoms with E-state index in [1.54, 1.807) is 42.7 Å². The first-order valence-corrected chi connectivity index (χ1v) is 49.9. The van der Waals surface area contributed by atoms with E-state index < -0.39 is 9.84 Å². The van der Waals surface area contributed by atoms with E-state index in [1.165, 1.54) is 73.9 Å². The highest BCUT2D eigenvalue weighted by atomic mass is 32.2. The van der Waals surface area contributed by atoms with Crippen molar-refractivity contribution in [2.45, 2.75) is 108 Å². The molecule has 10 aromatic heterocycles. The van der Waals surface area contributed by atoms with Crippen molar-refractivity contribution < 1.29 is 45.9 Å². The Morgan fingerprint density at radius 2 is 0.972 bits per heavy atom. The molecule has 0 amide bonds. The molecule has 0 fully saturated rings. The zero-order valence-corrected chi connectivity index (χ0v) is 84.6. The molecule has 720 valence electrons. The molecule has 0 aliphatic carbocycles. The van der Waals surface area contributed by atoms with Crippen molar-refractivity contribution in [3.63, 3.8) is 0 Å². The van der Waals surface area contributed by atoms with Gasteiger partial charge < -0.3 is 37.8 Å². The number of benzene rings is 13. The van der Waals surface area contributed by atoms with Crippen LogP contribution in [0, 0.1) is 83.1 Å². The molecule has 1 atom stereocenters. The lowest BCUT2D eigenvalue weighted by molar-refractivity contribution is 0.104. The van der Waals surface area contributed by atoms with E-state index in [4.69, 9.17) is 32.8 Å². The lowest BCUT2D eigenvalue weighted by atomic mass is 10.1. The Morgan fingerprint density at radius 1 is 0.394 bits per heavy atom. The van der Waals surface area contributed by atoms with Gasteiger partial charge in [-0.1, -0.05) is 169 Å².